The lowest BCUT2D eigenvalue weighted by molar-refractivity contribution is -0.126. The first-order valence-corrected chi connectivity index (χ1v) is 9.74. The molecule has 1 saturated carbocycles. The average Bonchev–Trinajstić information content (AvgIpc) is 3.45. The summed E-state index contributed by atoms with van der Waals surface area (Å²) in [5.74, 6) is 0.125. The molecular formula is C22H24ClN3O. The van der Waals surface area contributed by atoms with Gasteiger partial charge in [-0.1, -0.05) is 48.0 Å². The van der Waals surface area contributed by atoms with Crippen molar-refractivity contribution in [3.63, 3.8) is 0 Å². The van der Waals surface area contributed by atoms with Crippen LogP contribution in [0.1, 0.15) is 36.8 Å². The van der Waals surface area contributed by atoms with Gasteiger partial charge in [0.05, 0.1) is 5.54 Å². The zero-order valence-corrected chi connectivity index (χ0v) is 16.1. The van der Waals surface area contributed by atoms with E-state index < -0.39 is 5.54 Å². The Labute approximate surface area is 164 Å². The van der Waals surface area contributed by atoms with Crippen molar-refractivity contribution in [1.29, 1.82) is 0 Å². The Morgan fingerprint density at radius 1 is 1.22 bits per heavy atom. The lowest BCUT2D eigenvalue weighted by atomic mass is 9.90. The lowest BCUT2D eigenvalue weighted by Crippen LogP contribution is -2.54. The summed E-state index contributed by atoms with van der Waals surface area (Å²) >= 11 is 6.51. The highest BCUT2D eigenvalue weighted by molar-refractivity contribution is 6.31. The maximum absolute atomic E-state index is 12.7. The van der Waals surface area contributed by atoms with E-state index >= 15 is 0 Å². The van der Waals surface area contributed by atoms with Crippen LogP contribution < -0.4 is 11.1 Å². The molecule has 1 fully saturated rings. The number of amides is 1. The predicted octanol–water partition coefficient (Wildman–Crippen LogP) is 4.20. The van der Waals surface area contributed by atoms with Gasteiger partial charge in [-0.05, 0) is 48.9 Å². The number of hydrogen-bond donors (Lipinski definition) is 3. The minimum atomic E-state index is -0.814. The van der Waals surface area contributed by atoms with E-state index in [9.17, 15) is 4.79 Å². The van der Waals surface area contributed by atoms with Crippen LogP contribution in [-0.4, -0.2) is 23.0 Å². The van der Waals surface area contributed by atoms with Gasteiger partial charge in [-0.3, -0.25) is 4.79 Å². The van der Waals surface area contributed by atoms with Crippen LogP contribution in [0.4, 0.5) is 0 Å². The van der Waals surface area contributed by atoms with Crippen molar-refractivity contribution >= 4 is 28.4 Å². The van der Waals surface area contributed by atoms with Gasteiger partial charge in [0.15, 0.2) is 0 Å². The Hall–Kier alpha value is -2.30. The number of benzene rings is 2. The summed E-state index contributed by atoms with van der Waals surface area (Å²) in [6, 6.07) is 16.0. The number of carbonyl (C=O) groups excluding carboxylic acids is 1. The second-order valence-electron chi connectivity index (χ2n) is 7.63. The third-order valence-electron chi connectivity index (χ3n) is 5.66. The van der Waals surface area contributed by atoms with E-state index in [1.165, 1.54) is 0 Å². The molecule has 3 aromatic rings. The van der Waals surface area contributed by atoms with Gasteiger partial charge >= 0.3 is 0 Å². The maximum Gasteiger partial charge on any atom is 0.240 e. The minimum absolute atomic E-state index is 0.0613. The Morgan fingerprint density at radius 3 is 2.67 bits per heavy atom. The Morgan fingerprint density at radius 2 is 1.93 bits per heavy atom. The van der Waals surface area contributed by atoms with Crippen LogP contribution in [0.2, 0.25) is 5.02 Å². The zero-order chi connectivity index (χ0) is 19.0. The molecule has 0 saturated heterocycles. The molecule has 1 amide bonds. The highest BCUT2D eigenvalue weighted by Crippen LogP contribution is 2.38. The van der Waals surface area contributed by atoms with Crippen molar-refractivity contribution in [2.45, 2.75) is 31.2 Å². The van der Waals surface area contributed by atoms with Crippen molar-refractivity contribution in [3.8, 4) is 0 Å². The molecule has 4 nitrogen and oxygen atoms in total. The van der Waals surface area contributed by atoms with E-state index in [-0.39, 0.29) is 17.7 Å². The van der Waals surface area contributed by atoms with Gasteiger partial charge in [0, 0.05) is 34.6 Å². The molecule has 1 heterocycles. The first kappa shape index (κ1) is 18.1. The van der Waals surface area contributed by atoms with E-state index in [2.05, 4.69) is 16.4 Å². The van der Waals surface area contributed by atoms with Crippen molar-refractivity contribution < 1.29 is 4.79 Å². The van der Waals surface area contributed by atoms with Crippen molar-refractivity contribution in [3.05, 3.63) is 70.9 Å². The number of hydrogen-bond acceptors (Lipinski definition) is 2. The number of nitrogens with one attached hydrogen (secondary N) is 2. The van der Waals surface area contributed by atoms with Crippen molar-refractivity contribution in [2.75, 3.05) is 6.54 Å². The molecule has 0 aliphatic heterocycles. The smallest absolute Gasteiger partial charge is 0.240 e. The second kappa shape index (κ2) is 7.02. The molecule has 140 valence electrons. The highest BCUT2D eigenvalue weighted by atomic mass is 35.5. The zero-order valence-electron chi connectivity index (χ0n) is 15.3. The third-order valence-corrected chi connectivity index (χ3v) is 6.00. The van der Waals surface area contributed by atoms with Gasteiger partial charge in [-0.15, -0.1) is 0 Å². The Kier molecular flexibility index (Phi) is 4.70. The van der Waals surface area contributed by atoms with Gasteiger partial charge in [0.25, 0.3) is 0 Å². The molecule has 2 aromatic carbocycles. The average molecular weight is 382 g/mol. The molecule has 1 aromatic heterocycles. The summed E-state index contributed by atoms with van der Waals surface area (Å²) in [6.45, 7) is 2.28. The van der Waals surface area contributed by atoms with Crippen LogP contribution in [-0.2, 0) is 4.79 Å². The van der Waals surface area contributed by atoms with Crippen molar-refractivity contribution in [2.24, 2.45) is 11.7 Å². The third kappa shape index (κ3) is 3.47. The fourth-order valence-electron chi connectivity index (χ4n) is 3.78. The molecule has 4 rings (SSSR count). The second-order valence-corrected chi connectivity index (χ2v) is 8.04. The topological polar surface area (TPSA) is 70.9 Å². The first-order valence-electron chi connectivity index (χ1n) is 9.36. The number of aromatic nitrogens is 1. The minimum Gasteiger partial charge on any atom is -0.361 e. The van der Waals surface area contributed by atoms with E-state index in [0.29, 0.717) is 11.6 Å². The first-order chi connectivity index (χ1) is 13.0. The van der Waals surface area contributed by atoms with Crippen LogP contribution in [0, 0.1) is 5.92 Å². The largest absolute Gasteiger partial charge is 0.361 e. The van der Waals surface area contributed by atoms with E-state index in [1.54, 1.807) is 0 Å². The van der Waals surface area contributed by atoms with Crippen LogP contribution in [0.25, 0.3) is 10.9 Å². The van der Waals surface area contributed by atoms with Gasteiger partial charge in [0.2, 0.25) is 5.91 Å². The molecule has 2 atom stereocenters. The molecule has 0 radical (unpaired) electrons. The van der Waals surface area contributed by atoms with E-state index in [4.69, 9.17) is 17.3 Å². The van der Waals surface area contributed by atoms with Gasteiger partial charge in [-0.2, -0.15) is 0 Å². The summed E-state index contributed by atoms with van der Waals surface area (Å²) in [6.07, 6.45) is 4.06. The SMILES string of the molecule is CC(N)(C(=O)NCC(c1ccccc1Cl)c1c[nH]c2ccccc12)C1CC1. The van der Waals surface area contributed by atoms with Gasteiger partial charge in [0.1, 0.15) is 0 Å². The Balaban J connectivity index is 1.67. The molecule has 4 N–H and O–H groups in total. The molecule has 0 bridgehead atoms. The number of carbonyl (C=O) groups is 1. The molecule has 5 heteroatoms. The maximum atomic E-state index is 12.7. The van der Waals surface area contributed by atoms with Gasteiger partial charge < -0.3 is 16.0 Å². The van der Waals surface area contributed by atoms with Gasteiger partial charge in [-0.25, -0.2) is 0 Å². The fourth-order valence-corrected chi connectivity index (χ4v) is 4.05. The number of rotatable bonds is 6. The number of halogens is 1. The molecule has 1 aliphatic carbocycles. The number of aromatic amines is 1. The quantitative estimate of drug-likeness (QED) is 0.599. The van der Waals surface area contributed by atoms with E-state index in [0.717, 1.165) is 34.9 Å². The lowest BCUT2D eigenvalue weighted by Gasteiger charge is -2.26. The molecule has 0 spiro atoms. The fraction of sp³-hybridized carbons (Fsp3) is 0.318. The summed E-state index contributed by atoms with van der Waals surface area (Å²) < 4.78 is 0. The van der Waals surface area contributed by atoms with Crippen molar-refractivity contribution in [1.82, 2.24) is 10.3 Å². The molecule has 2 unspecified atom stereocenters. The Bertz CT molecular complexity index is 974. The predicted molar refractivity (Wildman–Crippen MR) is 110 cm³/mol. The van der Waals surface area contributed by atoms with E-state index in [1.807, 2.05) is 55.6 Å². The number of nitrogens with two attached hydrogens (primary N) is 1. The van der Waals surface area contributed by atoms with Crippen LogP contribution in [0.5, 0.6) is 0 Å². The molecule has 27 heavy (non-hydrogen) atoms. The summed E-state index contributed by atoms with van der Waals surface area (Å²) in [7, 11) is 0. The monoisotopic (exact) mass is 381 g/mol. The molecule has 1 aliphatic rings. The summed E-state index contributed by atoms with van der Waals surface area (Å²) in [4.78, 5) is 16.0. The standard InChI is InChI=1S/C22H24ClN3O/c1-22(24,14-10-11-14)21(27)26-13-17(15-6-2-4-8-19(15)23)18-12-25-20-9-5-3-7-16(18)20/h2-9,12,14,17,25H,10-11,13,24H2,1H3,(H,26,27). The number of fused-ring (bicyclic) bond motifs is 1. The van der Waals surface area contributed by atoms with Crippen LogP contribution >= 0.6 is 11.6 Å². The van der Waals surface area contributed by atoms with Crippen LogP contribution in [0.15, 0.2) is 54.7 Å². The summed E-state index contributed by atoms with van der Waals surface area (Å²) in [5.41, 5.74) is 8.65. The highest BCUT2D eigenvalue weighted by Gasteiger charge is 2.44. The van der Waals surface area contributed by atoms with Crippen LogP contribution in [0.3, 0.4) is 0 Å². The summed E-state index contributed by atoms with van der Waals surface area (Å²) in [5, 5.41) is 4.91. The number of H-pyrrole nitrogens is 1. The number of para-hydroxylation sites is 1. The molecular weight excluding hydrogens is 358 g/mol. The normalized spacial score (nSPS) is 17.4.